The summed E-state index contributed by atoms with van der Waals surface area (Å²) >= 11 is 3.65. The van der Waals surface area contributed by atoms with Gasteiger partial charge in [-0.05, 0) is 31.8 Å². The van der Waals surface area contributed by atoms with E-state index in [1.54, 1.807) is 0 Å². The lowest BCUT2D eigenvalue weighted by molar-refractivity contribution is 0.246. The summed E-state index contributed by atoms with van der Waals surface area (Å²) in [6, 6.07) is 0.802. The Hall–Kier alpha value is 0.440. The smallest absolute Gasteiger partial charge is 0.0218 e. The lowest BCUT2D eigenvalue weighted by Gasteiger charge is -2.24. The summed E-state index contributed by atoms with van der Waals surface area (Å²) in [4.78, 5) is 2.69. The lowest BCUT2D eigenvalue weighted by Crippen LogP contribution is -2.34. The summed E-state index contributed by atoms with van der Waals surface area (Å²) in [7, 11) is 0. The van der Waals surface area contributed by atoms with E-state index in [2.05, 4.69) is 34.7 Å². The Morgan fingerprint density at radius 1 is 1.20 bits per heavy atom. The van der Waals surface area contributed by atoms with E-state index < -0.39 is 0 Å². The molecule has 0 radical (unpaired) electrons. The van der Waals surface area contributed by atoms with Crippen LogP contribution in [0.1, 0.15) is 52.4 Å². The second-order valence-corrected chi connectivity index (χ2v) is 5.59. The first-order chi connectivity index (χ1) is 7.29. The number of nitrogens with zero attached hydrogens (tertiary/aromatic N) is 1. The quantitative estimate of drug-likeness (QED) is 0.500. The van der Waals surface area contributed by atoms with Gasteiger partial charge in [0, 0.05) is 11.4 Å². The van der Waals surface area contributed by atoms with E-state index in [1.807, 2.05) is 0 Å². The molecule has 0 saturated carbocycles. The molecule has 0 aromatic heterocycles. The summed E-state index contributed by atoms with van der Waals surface area (Å²) in [6.07, 6.45) is 8.41. The van der Waals surface area contributed by atoms with E-state index in [1.165, 1.54) is 51.6 Å². The van der Waals surface area contributed by atoms with E-state index >= 15 is 0 Å². The van der Waals surface area contributed by atoms with E-state index in [-0.39, 0.29) is 0 Å². The molecule has 90 valence electrons. The van der Waals surface area contributed by atoms with Crippen molar-refractivity contribution in [3.05, 3.63) is 0 Å². The van der Waals surface area contributed by atoms with E-state index in [9.17, 15) is 0 Å². The molecule has 1 aliphatic rings. The van der Waals surface area contributed by atoms with Crippen molar-refractivity contribution >= 4 is 15.9 Å². The van der Waals surface area contributed by atoms with Gasteiger partial charge in [0.2, 0.25) is 0 Å². The largest absolute Gasteiger partial charge is 0.299 e. The third kappa shape index (κ3) is 4.44. The maximum absolute atomic E-state index is 3.65. The lowest BCUT2D eigenvalue weighted by atomic mass is 10.1. The number of alkyl halides is 1. The van der Waals surface area contributed by atoms with Gasteiger partial charge < -0.3 is 0 Å². The zero-order chi connectivity index (χ0) is 11.1. The number of unbranched alkanes of at least 4 members (excludes halogenated alkanes) is 4. The SMILES string of the molecule is CCCCCCCN1CCC(C)C1CBr. The monoisotopic (exact) mass is 275 g/mol. The number of halogens is 1. The predicted molar refractivity (Wildman–Crippen MR) is 71.7 cm³/mol. The molecule has 15 heavy (non-hydrogen) atoms. The number of hydrogen-bond donors (Lipinski definition) is 0. The van der Waals surface area contributed by atoms with Gasteiger partial charge in [-0.3, -0.25) is 4.90 Å². The Morgan fingerprint density at radius 2 is 1.93 bits per heavy atom. The molecule has 0 bridgehead atoms. The van der Waals surface area contributed by atoms with Crippen LogP contribution in [-0.4, -0.2) is 29.4 Å². The van der Waals surface area contributed by atoms with Gasteiger partial charge in [-0.25, -0.2) is 0 Å². The minimum Gasteiger partial charge on any atom is -0.299 e. The molecule has 1 heterocycles. The highest BCUT2D eigenvalue weighted by Crippen LogP contribution is 2.25. The Bertz CT molecular complexity index is 161. The van der Waals surface area contributed by atoms with Crippen molar-refractivity contribution in [1.29, 1.82) is 0 Å². The topological polar surface area (TPSA) is 3.24 Å². The number of likely N-dealkylation sites (tertiary alicyclic amines) is 1. The average molecular weight is 276 g/mol. The fourth-order valence-electron chi connectivity index (χ4n) is 2.53. The fourth-order valence-corrected chi connectivity index (χ4v) is 3.58. The van der Waals surface area contributed by atoms with Crippen molar-refractivity contribution in [2.24, 2.45) is 5.92 Å². The minimum atomic E-state index is 0.802. The van der Waals surface area contributed by atoms with Crippen LogP contribution in [0.25, 0.3) is 0 Å². The summed E-state index contributed by atoms with van der Waals surface area (Å²) in [5.74, 6) is 0.889. The van der Waals surface area contributed by atoms with Crippen LogP contribution in [0, 0.1) is 5.92 Å². The van der Waals surface area contributed by atoms with Gasteiger partial charge in [0.05, 0.1) is 0 Å². The van der Waals surface area contributed by atoms with Crippen LogP contribution in [0.3, 0.4) is 0 Å². The van der Waals surface area contributed by atoms with Gasteiger partial charge >= 0.3 is 0 Å². The van der Waals surface area contributed by atoms with Gasteiger partial charge in [-0.2, -0.15) is 0 Å². The molecular formula is C13H26BrN. The normalized spacial score (nSPS) is 27.4. The molecule has 0 aliphatic carbocycles. The standard InChI is InChI=1S/C13H26BrN/c1-3-4-5-6-7-9-15-10-8-12(2)13(15)11-14/h12-13H,3-11H2,1-2H3. The molecular weight excluding hydrogens is 250 g/mol. The van der Waals surface area contributed by atoms with Crippen LogP contribution >= 0.6 is 15.9 Å². The summed E-state index contributed by atoms with van der Waals surface area (Å²) < 4.78 is 0. The van der Waals surface area contributed by atoms with Crippen molar-refractivity contribution in [2.45, 2.75) is 58.4 Å². The molecule has 0 spiro atoms. The van der Waals surface area contributed by atoms with Crippen LogP contribution in [0.5, 0.6) is 0 Å². The van der Waals surface area contributed by atoms with Crippen molar-refractivity contribution in [3.63, 3.8) is 0 Å². The van der Waals surface area contributed by atoms with Crippen LogP contribution in [0.2, 0.25) is 0 Å². The molecule has 1 saturated heterocycles. The number of hydrogen-bond acceptors (Lipinski definition) is 1. The molecule has 1 fully saturated rings. The molecule has 2 atom stereocenters. The van der Waals surface area contributed by atoms with Crippen molar-refractivity contribution in [3.8, 4) is 0 Å². The van der Waals surface area contributed by atoms with Gasteiger partial charge in [0.15, 0.2) is 0 Å². The van der Waals surface area contributed by atoms with E-state index in [0.29, 0.717) is 0 Å². The van der Waals surface area contributed by atoms with Crippen LogP contribution in [0.15, 0.2) is 0 Å². The Morgan fingerprint density at radius 3 is 2.60 bits per heavy atom. The second kappa shape index (κ2) is 7.67. The highest BCUT2D eigenvalue weighted by Gasteiger charge is 2.29. The highest BCUT2D eigenvalue weighted by atomic mass is 79.9. The predicted octanol–water partition coefficient (Wildman–Crippen LogP) is 4.06. The van der Waals surface area contributed by atoms with Crippen LogP contribution < -0.4 is 0 Å². The highest BCUT2D eigenvalue weighted by molar-refractivity contribution is 9.09. The first-order valence-corrected chi connectivity index (χ1v) is 7.71. The summed E-state index contributed by atoms with van der Waals surface area (Å²) in [5, 5.41) is 1.16. The molecule has 0 N–H and O–H groups in total. The van der Waals surface area contributed by atoms with Crippen molar-refractivity contribution < 1.29 is 0 Å². The van der Waals surface area contributed by atoms with Crippen molar-refractivity contribution in [2.75, 3.05) is 18.4 Å². The third-order valence-corrected chi connectivity index (χ3v) is 4.37. The number of rotatable bonds is 7. The summed E-state index contributed by atoms with van der Waals surface area (Å²) in [5.41, 5.74) is 0. The first kappa shape index (κ1) is 13.5. The van der Waals surface area contributed by atoms with E-state index in [4.69, 9.17) is 0 Å². The fraction of sp³-hybridized carbons (Fsp3) is 1.00. The molecule has 1 nitrogen and oxygen atoms in total. The maximum Gasteiger partial charge on any atom is 0.0218 e. The molecule has 2 unspecified atom stereocenters. The second-order valence-electron chi connectivity index (χ2n) is 4.94. The molecule has 0 aromatic rings. The Labute approximate surface area is 104 Å². The summed E-state index contributed by atoms with van der Waals surface area (Å²) in [6.45, 7) is 7.32. The van der Waals surface area contributed by atoms with Gasteiger partial charge in [-0.15, -0.1) is 0 Å². The molecule has 0 amide bonds. The zero-order valence-corrected chi connectivity index (χ0v) is 11.9. The Kier molecular flexibility index (Phi) is 6.91. The van der Waals surface area contributed by atoms with Gasteiger partial charge in [0.1, 0.15) is 0 Å². The van der Waals surface area contributed by atoms with Crippen molar-refractivity contribution in [1.82, 2.24) is 4.90 Å². The molecule has 1 rings (SSSR count). The third-order valence-electron chi connectivity index (χ3n) is 3.70. The Balaban J connectivity index is 2.10. The van der Waals surface area contributed by atoms with Crippen LogP contribution in [0.4, 0.5) is 0 Å². The average Bonchev–Trinajstić information content (AvgIpc) is 2.59. The molecule has 1 aliphatic heterocycles. The molecule has 0 aromatic carbocycles. The zero-order valence-electron chi connectivity index (χ0n) is 10.3. The van der Waals surface area contributed by atoms with Gasteiger partial charge in [-0.1, -0.05) is 55.5 Å². The molecule has 2 heteroatoms. The van der Waals surface area contributed by atoms with Gasteiger partial charge in [0.25, 0.3) is 0 Å². The minimum absolute atomic E-state index is 0.802. The maximum atomic E-state index is 3.65. The van der Waals surface area contributed by atoms with Crippen LogP contribution in [-0.2, 0) is 0 Å². The van der Waals surface area contributed by atoms with E-state index in [0.717, 1.165) is 17.3 Å². The first-order valence-electron chi connectivity index (χ1n) is 6.59.